The van der Waals surface area contributed by atoms with E-state index in [1.54, 1.807) is 19.1 Å². The van der Waals surface area contributed by atoms with E-state index in [1.165, 1.54) is 39.0 Å². The lowest BCUT2D eigenvalue weighted by atomic mass is 10.1. The topological polar surface area (TPSA) is 146 Å². The van der Waals surface area contributed by atoms with Gasteiger partial charge in [0.15, 0.2) is 11.2 Å². The molecule has 4 rings (SSSR count). The van der Waals surface area contributed by atoms with Gasteiger partial charge in [0.05, 0.1) is 16.7 Å². The lowest BCUT2D eigenvalue weighted by Gasteiger charge is -2.09. The molecule has 0 fully saturated rings. The summed E-state index contributed by atoms with van der Waals surface area (Å²) < 4.78 is 4.01. The fraction of sp³-hybridized carbons (Fsp3) is 0.250. The molecule has 0 aliphatic carbocycles. The van der Waals surface area contributed by atoms with Gasteiger partial charge in [0.25, 0.3) is 11.1 Å². The fourth-order valence-electron chi connectivity index (χ4n) is 3.37. The Hall–Kier alpha value is -4.35. The second-order valence-electron chi connectivity index (χ2n) is 7.43. The molecule has 0 aliphatic heterocycles. The third-order valence-electron chi connectivity index (χ3n) is 5.36. The van der Waals surface area contributed by atoms with E-state index >= 15 is 0 Å². The van der Waals surface area contributed by atoms with E-state index in [2.05, 4.69) is 15.0 Å². The number of aliphatic imine (C=N–C) groups is 1. The number of hydrogen-bond acceptors (Lipinski definition) is 8. The van der Waals surface area contributed by atoms with E-state index in [9.17, 15) is 24.3 Å². The van der Waals surface area contributed by atoms with Crippen LogP contribution >= 0.6 is 0 Å². The number of fused-ring (bicyclic) bond motifs is 2. The van der Waals surface area contributed by atoms with Crippen LogP contribution in [-0.4, -0.2) is 39.6 Å². The number of nitrogens with zero attached hydrogens (tertiary/aromatic N) is 7. The molecule has 0 amide bonds. The highest BCUT2D eigenvalue weighted by Crippen LogP contribution is 2.25. The Kier molecular flexibility index (Phi) is 4.65. The molecule has 4 aromatic rings. The summed E-state index contributed by atoms with van der Waals surface area (Å²) in [6, 6.07) is 3.27. The zero-order chi connectivity index (χ0) is 23.5. The first-order valence-electron chi connectivity index (χ1n) is 9.44. The minimum absolute atomic E-state index is 0.0661. The van der Waals surface area contributed by atoms with Crippen molar-refractivity contribution in [1.82, 2.24) is 28.2 Å². The fourth-order valence-corrected chi connectivity index (χ4v) is 3.37. The summed E-state index contributed by atoms with van der Waals surface area (Å²) >= 11 is 0. The molecule has 3 aromatic heterocycles. The van der Waals surface area contributed by atoms with Crippen LogP contribution in [0.25, 0.3) is 22.2 Å². The SMILES string of the molecule is Cc1cc2nc3c(=O)n(C)c(=O)n(C)c3nc2cc1N=Cc1c(O)n(C)c(=O)n(C)c1=O. The molecule has 0 radical (unpaired) electrons. The third-order valence-corrected chi connectivity index (χ3v) is 5.36. The van der Waals surface area contributed by atoms with Crippen molar-refractivity contribution in [2.24, 2.45) is 33.2 Å². The monoisotopic (exact) mass is 437 g/mol. The van der Waals surface area contributed by atoms with Crippen LogP contribution in [0.1, 0.15) is 11.1 Å². The maximum atomic E-state index is 12.4. The van der Waals surface area contributed by atoms with Gasteiger partial charge in [-0.05, 0) is 24.6 Å². The highest BCUT2D eigenvalue weighted by Gasteiger charge is 2.15. The Balaban J connectivity index is 1.94. The summed E-state index contributed by atoms with van der Waals surface area (Å²) in [6.07, 6.45) is 1.17. The molecule has 32 heavy (non-hydrogen) atoms. The number of aryl methyl sites for hydroxylation is 2. The van der Waals surface area contributed by atoms with Crippen LogP contribution in [-0.2, 0) is 28.2 Å². The standard InChI is InChI=1S/C20H19N7O5/c1-9-6-12-13(23-15-14(22-12)18(30)27(5)19(31)24(15)2)7-11(9)21-8-10-16(28)25(3)20(32)26(4)17(10)29/h6-8,28H,1-5H3. The molecule has 12 nitrogen and oxygen atoms in total. The highest BCUT2D eigenvalue weighted by molar-refractivity contribution is 5.89. The second kappa shape index (κ2) is 7.11. The summed E-state index contributed by atoms with van der Waals surface area (Å²) in [5.41, 5.74) is -0.451. The van der Waals surface area contributed by atoms with E-state index in [0.29, 0.717) is 22.3 Å². The average molecular weight is 437 g/mol. The molecule has 164 valence electrons. The van der Waals surface area contributed by atoms with Gasteiger partial charge in [-0.3, -0.25) is 32.8 Å². The van der Waals surface area contributed by atoms with Gasteiger partial charge in [0.2, 0.25) is 5.88 Å². The van der Waals surface area contributed by atoms with Crippen LogP contribution < -0.4 is 22.5 Å². The zero-order valence-electron chi connectivity index (χ0n) is 17.9. The Morgan fingerprint density at radius 2 is 1.44 bits per heavy atom. The van der Waals surface area contributed by atoms with Crippen LogP contribution in [0.5, 0.6) is 5.88 Å². The zero-order valence-corrected chi connectivity index (χ0v) is 17.9. The summed E-state index contributed by atoms with van der Waals surface area (Å²) in [4.78, 5) is 62.0. The minimum Gasteiger partial charge on any atom is -0.494 e. The first-order valence-corrected chi connectivity index (χ1v) is 9.44. The first-order chi connectivity index (χ1) is 15.0. The maximum absolute atomic E-state index is 12.4. The normalized spacial score (nSPS) is 11.8. The summed E-state index contributed by atoms with van der Waals surface area (Å²) in [6.45, 7) is 1.76. The molecular formula is C20H19N7O5. The van der Waals surface area contributed by atoms with Gasteiger partial charge in [-0.15, -0.1) is 0 Å². The predicted octanol–water partition coefficient (Wildman–Crippen LogP) is -0.658. The van der Waals surface area contributed by atoms with Crippen LogP contribution in [0.4, 0.5) is 5.69 Å². The second-order valence-corrected chi connectivity index (χ2v) is 7.43. The van der Waals surface area contributed by atoms with E-state index in [0.717, 1.165) is 13.7 Å². The Morgan fingerprint density at radius 1 is 0.844 bits per heavy atom. The van der Waals surface area contributed by atoms with Crippen molar-refractivity contribution in [3.05, 3.63) is 64.9 Å². The van der Waals surface area contributed by atoms with Gasteiger partial charge in [-0.1, -0.05) is 0 Å². The van der Waals surface area contributed by atoms with Crippen molar-refractivity contribution in [2.45, 2.75) is 6.92 Å². The van der Waals surface area contributed by atoms with Gasteiger partial charge in [0.1, 0.15) is 5.56 Å². The van der Waals surface area contributed by atoms with Gasteiger partial charge in [0, 0.05) is 34.4 Å². The molecule has 0 atom stereocenters. The predicted molar refractivity (Wildman–Crippen MR) is 118 cm³/mol. The molecule has 0 saturated heterocycles. The molecule has 0 unspecified atom stereocenters. The van der Waals surface area contributed by atoms with Crippen molar-refractivity contribution < 1.29 is 5.11 Å². The Morgan fingerprint density at radius 3 is 2.12 bits per heavy atom. The number of benzene rings is 1. The lowest BCUT2D eigenvalue weighted by Crippen LogP contribution is -2.38. The van der Waals surface area contributed by atoms with Gasteiger partial charge in [-0.25, -0.2) is 19.6 Å². The van der Waals surface area contributed by atoms with Crippen LogP contribution in [0, 0.1) is 6.92 Å². The number of aromatic nitrogens is 6. The van der Waals surface area contributed by atoms with Crippen molar-refractivity contribution in [1.29, 1.82) is 0 Å². The van der Waals surface area contributed by atoms with Gasteiger partial charge >= 0.3 is 11.4 Å². The summed E-state index contributed by atoms with van der Waals surface area (Å²) in [5, 5.41) is 10.2. The maximum Gasteiger partial charge on any atom is 0.333 e. The van der Waals surface area contributed by atoms with Crippen molar-refractivity contribution in [2.75, 3.05) is 0 Å². The molecular weight excluding hydrogens is 418 g/mol. The lowest BCUT2D eigenvalue weighted by molar-refractivity contribution is 0.410. The molecule has 0 saturated carbocycles. The highest BCUT2D eigenvalue weighted by atomic mass is 16.3. The quantitative estimate of drug-likeness (QED) is 0.324. The van der Waals surface area contributed by atoms with E-state index in [-0.39, 0.29) is 16.7 Å². The number of rotatable bonds is 2. The van der Waals surface area contributed by atoms with Crippen LogP contribution in [0.15, 0.2) is 36.3 Å². The van der Waals surface area contributed by atoms with E-state index in [1.807, 2.05) is 0 Å². The molecule has 12 heteroatoms. The number of hydrogen-bond donors (Lipinski definition) is 1. The number of aromatic hydroxyl groups is 1. The van der Waals surface area contributed by atoms with Gasteiger partial charge in [-0.2, -0.15) is 0 Å². The van der Waals surface area contributed by atoms with Crippen molar-refractivity contribution in [3.63, 3.8) is 0 Å². The Bertz CT molecular complexity index is 1720. The van der Waals surface area contributed by atoms with Crippen LogP contribution in [0.2, 0.25) is 0 Å². The average Bonchev–Trinajstić information content (AvgIpc) is 2.78. The largest absolute Gasteiger partial charge is 0.494 e. The summed E-state index contributed by atoms with van der Waals surface area (Å²) in [5.74, 6) is -0.503. The van der Waals surface area contributed by atoms with Crippen molar-refractivity contribution >= 4 is 34.1 Å². The molecule has 1 N–H and O–H groups in total. The third kappa shape index (κ3) is 2.95. The summed E-state index contributed by atoms with van der Waals surface area (Å²) in [7, 11) is 5.51. The molecule has 3 heterocycles. The minimum atomic E-state index is -0.690. The smallest absolute Gasteiger partial charge is 0.333 e. The Labute approximate surface area is 179 Å². The van der Waals surface area contributed by atoms with Crippen molar-refractivity contribution in [3.8, 4) is 5.88 Å². The molecule has 1 aromatic carbocycles. The van der Waals surface area contributed by atoms with Gasteiger partial charge < -0.3 is 5.11 Å². The molecule has 0 spiro atoms. The van der Waals surface area contributed by atoms with E-state index in [4.69, 9.17) is 0 Å². The molecule has 0 aliphatic rings. The van der Waals surface area contributed by atoms with E-state index < -0.39 is 28.4 Å². The molecule has 0 bridgehead atoms. The first kappa shape index (κ1) is 20.9. The van der Waals surface area contributed by atoms with Crippen LogP contribution in [0.3, 0.4) is 0 Å².